The van der Waals surface area contributed by atoms with Crippen molar-refractivity contribution >= 4 is 5.91 Å². The minimum Gasteiger partial charge on any atom is -0.492 e. The predicted molar refractivity (Wildman–Crippen MR) is 93.9 cm³/mol. The highest BCUT2D eigenvalue weighted by Gasteiger charge is 2.04. The fourth-order valence-corrected chi connectivity index (χ4v) is 2.46. The highest BCUT2D eigenvalue weighted by molar-refractivity contribution is 5.76. The number of aryl methyl sites for hydroxylation is 4. The molecule has 1 amide bonds. The van der Waals surface area contributed by atoms with E-state index < -0.39 is 0 Å². The van der Waals surface area contributed by atoms with Crippen molar-refractivity contribution in [3.63, 3.8) is 0 Å². The molecular weight excluding hydrogens is 286 g/mol. The fraction of sp³-hybridized carbons (Fsp3) is 0.350. The van der Waals surface area contributed by atoms with Crippen molar-refractivity contribution in [2.45, 2.75) is 33.6 Å². The number of hydrogen-bond donors (Lipinski definition) is 1. The summed E-state index contributed by atoms with van der Waals surface area (Å²) in [6.07, 6.45) is 1.28. The predicted octanol–water partition coefficient (Wildman–Crippen LogP) is 3.74. The van der Waals surface area contributed by atoms with Crippen LogP contribution in [-0.4, -0.2) is 19.1 Å². The summed E-state index contributed by atoms with van der Waals surface area (Å²) in [7, 11) is 0. The Kier molecular flexibility index (Phi) is 6.21. The van der Waals surface area contributed by atoms with E-state index >= 15 is 0 Å². The molecule has 0 heterocycles. The van der Waals surface area contributed by atoms with Gasteiger partial charge in [-0.3, -0.25) is 4.79 Å². The number of nitrogens with one attached hydrogen (secondary N) is 1. The van der Waals surface area contributed by atoms with E-state index in [9.17, 15) is 4.79 Å². The number of hydrogen-bond acceptors (Lipinski definition) is 2. The van der Waals surface area contributed by atoms with Gasteiger partial charge in [0.05, 0.1) is 6.54 Å². The van der Waals surface area contributed by atoms with E-state index in [1.54, 1.807) is 0 Å². The molecule has 122 valence electrons. The third-order valence-electron chi connectivity index (χ3n) is 3.83. The van der Waals surface area contributed by atoms with Crippen LogP contribution in [0.2, 0.25) is 0 Å². The van der Waals surface area contributed by atoms with Crippen molar-refractivity contribution < 1.29 is 9.53 Å². The van der Waals surface area contributed by atoms with Crippen molar-refractivity contribution in [2.24, 2.45) is 0 Å². The van der Waals surface area contributed by atoms with Gasteiger partial charge in [0.15, 0.2) is 0 Å². The minimum atomic E-state index is 0.0671. The van der Waals surface area contributed by atoms with E-state index in [1.165, 1.54) is 22.3 Å². The zero-order valence-electron chi connectivity index (χ0n) is 14.2. The molecule has 0 aliphatic heterocycles. The smallest absolute Gasteiger partial charge is 0.220 e. The first-order valence-corrected chi connectivity index (χ1v) is 8.07. The molecule has 0 aromatic heterocycles. The van der Waals surface area contributed by atoms with Gasteiger partial charge in [-0.25, -0.2) is 0 Å². The first-order chi connectivity index (χ1) is 11.0. The van der Waals surface area contributed by atoms with Crippen LogP contribution in [0.3, 0.4) is 0 Å². The Hall–Kier alpha value is -2.29. The molecule has 0 aliphatic carbocycles. The van der Waals surface area contributed by atoms with Crippen LogP contribution in [0.1, 0.15) is 28.7 Å². The molecule has 2 aromatic rings. The number of ether oxygens (including phenoxy) is 1. The Balaban J connectivity index is 1.66. The van der Waals surface area contributed by atoms with Gasteiger partial charge in [-0.05, 0) is 50.5 Å². The van der Waals surface area contributed by atoms with Crippen molar-refractivity contribution in [1.82, 2.24) is 5.32 Å². The lowest BCUT2D eigenvalue weighted by atomic mass is 10.0. The van der Waals surface area contributed by atoms with Gasteiger partial charge in [-0.1, -0.05) is 41.5 Å². The Morgan fingerprint density at radius 2 is 1.70 bits per heavy atom. The van der Waals surface area contributed by atoms with Crippen LogP contribution in [0.5, 0.6) is 5.75 Å². The van der Waals surface area contributed by atoms with Crippen LogP contribution in [0.25, 0.3) is 0 Å². The Labute approximate surface area is 138 Å². The van der Waals surface area contributed by atoms with Crippen LogP contribution in [0.15, 0.2) is 42.5 Å². The van der Waals surface area contributed by atoms with Crippen LogP contribution in [0, 0.1) is 20.8 Å². The number of rotatable bonds is 7. The summed E-state index contributed by atoms with van der Waals surface area (Å²) in [6, 6.07) is 14.3. The SMILES string of the molecule is Cc1ccc(OCCNC(=O)CCc2ccc(C)cc2C)cc1. The lowest BCUT2D eigenvalue weighted by Gasteiger charge is -2.09. The molecule has 0 fully saturated rings. The molecule has 0 radical (unpaired) electrons. The number of amides is 1. The Bertz CT molecular complexity index is 647. The Morgan fingerprint density at radius 3 is 2.39 bits per heavy atom. The highest BCUT2D eigenvalue weighted by atomic mass is 16.5. The van der Waals surface area contributed by atoms with Gasteiger partial charge in [-0.2, -0.15) is 0 Å². The second-order valence-corrected chi connectivity index (χ2v) is 5.94. The third-order valence-corrected chi connectivity index (χ3v) is 3.83. The zero-order chi connectivity index (χ0) is 16.7. The molecule has 3 heteroatoms. The van der Waals surface area contributed by atoms with E-state index in [2.05, 4.69) is 37.4 Å². The van der Waals surface area contributed by atoms with E-state index in [0.29, 0.717) is 19.6 Å². The van der Waals surface area contributed by atoms with Gasteiger partial charge in [0.25, 0.3) is 0 Å². The molecule has 23 heavy (non-hydrogen) atoms. The van der Waals surface area contributed by atoms with E-state index in [-0.39, 0.29) is 5.91 Å². The van der Waals surface area contributed by atoms with E-state index in [4.69, 9.17) is 4.74 Å². The van der Waals surface area contributed by atoms with Gasteiger partial charge >= 0.3 is 0 Å². The lowest BCUT2D eigenvalue weighted by molar-refractivity contribution is -0.121. The maximum absolute atomic E-state index is 11.9. The summed E-state index contributed by atoms with van der Waals surface area (Å²) in [4.78, 5) is 11.9. The normalized spacial score (nSPS) is 10.4. The minimum absolute atomic E-state index is 0.0671. The molecular formula is C20H25NO2. The van der Waals surface area contributed by atoms with Gasteiger partial charge in [-0.15, -0.1) is 0 Å². The second-order valence-electron chi connectivity index (χ2n) is 5.94. The van der Waals surface area contributed by atoms with E-state index in [0.717, 1.165) is 12.2 Å². The molecule has 2 aromatic carbocycles. The van der Waals surface area contributed by atoms with E-state index in [1.807, 2.05) is 31.2 Å². The summed E-state index contributed by atoms with van der Waals surface area (Å²) in [5.41, 5.74) is 4.95. The van der Waals surface area contributed by atoms with Crippen molar-refractivity contribution in [1.29, 1.82) is 0 Å². The summed E-state index contributed by atoms with van der Waals surface area (Å²) in [5.74, 6) is 0.901. The third kappa shape index (κ3) is 5.78. The van der Waals surface area contributed by atoms with Gasteiger partial charge in [0, 0.05) is 6.42 Å². The first kappa shape index (κ1) is 17.1. The largest absolute Gasteiger partial charge is 0.492 e. The molecule has 2 rings (SSSR count). The zero-order valence-corrected chi connectivity index (χ0v) is 14.2. The highest BCUT2D eigenvalue weighted by Crippen LogP contribution is 2.13. The average molecular weight is 311 g/mol. The molecule has 0 aliphatic rings. The topological polar surface area (TPSA) is 38.3 Å². The molecule has 1 N–H and O–H groups in total. The van der Waals surface area contributed by atoms with Crippen LogP contribution < -0.4 is 10.1 Å². The Morgan fingerprint density at radius 1 is 1.00 bits per heavy atom. The number of benzene rings is 2. The van der Waals surface area contributed by atoms with Crippen LogP contribution >= 0.6 is 0 Å². The van der Waals surface area contributed by atoms with Crippen LogP contribution in [0.4, 0.5) is 0 Å². The molecule has 0 saturated heterocycles. The maximum Gasteiger partial charge on any atom is 0.220 e. The summed E-state index contributed by atoms with van der Waals surface area (Å²) >= 11 is 0. The molecule has 0 saturated carbocycles. The molecule has 0 unspecified atom stereocenters. The summed E-state index contributed by atoms with van der Waals surface area (Å²) in [5, 5.41) is 2.90. The van der Waals surface area contributed by atoms with Crippen molar-refractivity contribution in [2.75, 3.05) is 13.2 Å². The van der Waals surface area contributed by atoms with Crippen molar-refractivity contribution in [3.8, 4) is 5.75 Å². The maximum atomic E-state index is 11.9. The summed E-state index contributed by atoms with van der Waals surface area (Å²) < 4.78 is 5.59. The second kappa shape index (κ2) is 8.37. The van der Waals surface area contributed by atoms with Crippen LogP contribution in [-0.2, 0) is 11.2 Å². The summed E-state index contributed by atoms with van der Waals surface area (Å²) in [6.45, 7) is 7.23. The van der Waals surface area contributed by atoms with Gasteiger partial charge in [0.2, 0.25) is 5.91 Å². The quantitative estimate of drug-likeness (QED) is 0.791. The molecule has 0 bridgehead atoms. The molecule has 3 nitrogen and oxygen atoms in total. The lowest BCUT2D eigenvalue weighted by Crippen LogP contribution is -2.28. The fourth-order valence-electron chi connectivity index (χ4n) is 2.46. The first-order valence-electron chi connectivity index (χ1n) is 8.07. The molecule has 0 atom stereocenters. The number of carbonyl (C=O) groups excluding carboxylic acids is 1. The van der Waals surface area contributed by atoms with Crippen molar-refractivity contribution in [3.05, 3.63) is 64.7 Å². The standard InChI is InChI=1S/C20H25NO2/c1-15-5-9-19(10-6-15)23-13-12-21-20(22)11-8-18-7-4-16(2)14-17(18)3/h4-7,9-10,14H,8,11-13H2,1-3H3,(H,21,22). The average Bonchev–Trinajstić information content (AvgIpc) is 2.52. The number of carbonyl (C=O) groups is 1. The molecule has 0 spiro atoms. The van der Waals surface area contributed by atoms with Gasteiger partial charge in [0.1, 0.15) is 12.4 Å². The monoisotopic (exact) mass is 311 g/mol. The van der Waals surface area contributed by atoms with Gasteiger partial charge < -0.3 is 10.1 Å².